The molecular weight excluding hydrogens is 370 g/mol. The topological polar surface area (TPSA) is 102 Å². The molecule has 0 N–H and O–H groups in total. The lowest BCUT2D eigenvalue weighted by molar-refractivity contribution is -0.384. The molecule has 9 heteroatoms. The van der Waals surface area contributed by atoms with E-state index in [1.54, 1.807) is 30.9 Å². The van der Waals surface area contributed by atoms with Crippen LogP contribution in [0.25, 0.3) is 0 Å². The third kappa shape index (κ3) is 3.14. The summed E-state index contributed by atoms with van der Waals surface area (Å²) in [6.07, 6.45) is 0. The molecule has 2 heterocycles. The molecule has 0 saturated heterocycles. The molecule has 0 radical (unpaired) electrons. The van der Waals surface area contributed by atoms with E-state index in [9.17, 15) is 19.7 Å². The van der Waals surface area contributed by atoms with Crippen molar-refractivity contribution in [2.75, 3.05) is 7.11 Å². The number of nitro benzene ring substituents is 1. The maximum atomic E-state index is 12.5. The molecule has 140 valence electrons. The van der Waals surface area contributed by atoms with Gasteiger partial charge in [0.05, 0.1) is 34.3 Å². The van der Waals surface area contributed by atoms with E-state index in [1.807, 2.05) is 0 Å². The van der Waals surface area contributed by atoms with Crippen LogP contribution < -0.4 is 0 Å². The van der Waals surface area contributed by atoms with Crippen molar-refractivity contribution in [2.24, 2.45) is 4.99 Å². The zero-order valence-electron chi connectivity index (χ0n) is 15.2. The number of allylic oxidation sites excluding steroid dienone is 3. The maximum Gasteiger partial charge on any atom is 0.338 e. The summed E-state index contributed by atoms with van der Waals surface area (Å²) < 4.78 is 4.93. The monoisotopic (exact) mass is 387 g/mol. The van der Waals surface area contributed by atoms with Gasteiger partial charge in [-0.05, 0) is 38.1 Å². The molecule has 0 saturated carbocycles. The molecule has 1 aromatic rings. The van der Waals surface area contributed by atoms with Crippen LogP contribution in [0.5, 0.6) is 0 Å². The zero-order chi connectivity index (χ0) is 19.9. The molecule has 8 nitrogen and oxygen atoms in total. The Bertz CT molecular complexity index is 963. The van der Waals surface area contributed by atoms with Crippen molar-refractivity contribution in [1.82, 2.24) is 4.90 Å². The minimum absolute atomic E-state index is 0.0845. The van der Waals surface area contributed by atoms with Crippen molar-refractivity contribution in [3.63, 3.8) is 0 Å². The molecule has 0 unspecified atom stereocenters. The number of hydrogen-bond donors (Lipinski definition) is 0. The lowest BCUT2D eigenvalue weighted by Gasteiger charge is -2.35. The Hall–Kier alpha value is -2.94. The summed E-state index contributed by atoms with van der Waals surface area (Å²) in [7, 11) is 1.27. The highest BCUT2D eigenvalue weighted by molar-refractivity contribution is 8.18. The number of Topliss-reactive ketones (excluding diaryl/α,β-unsaturated/α-hetero) is 1. The third-order valence-corrected chi connectivity index (χ3v) is 5.65. The average Bonchev–Trinajstić information content (AvgIpc) is 2.96. The number of aliphatic imine (C=N–C) groups is 1. The molecule has 2 aliphatic heterocycles. The second kappa shape index (κ2) is 6.99. The number of ether oxygens (including phenoxy) is 1. The molecule has 0 fully saturated rings. The predicted octanol–water partition coefficient (Wildman–Crippen LogP) is 3.32. The number of nitrogens with zero attached hydrogens (tertiary/aromatic N) is 3. The summed E-state index contributed by atoms with van der Waals surface area (Å²) in [6, 6.07) is 5.41. The highest BCUT2D eigenvalue weighted by atomic mass is 32.2. The minimum atomic E-state index is -0.672. The molecule has 3 rings (SSSR count). The second-order valence-corrected chi connectivity index (χ2v) is 7.06. The number of ketones is 1. The van der Waals surface area contributed by atoms with Gasteiger partial charge in [-0.25, -0.2) is 9.79 Å². The normalized spacial score (nSPS) is 19.0. The van der Waals surface area contributed by atoms with Crippen molar-refractivity contribution in [3.8, 4) is 0 Å². The van der Waals surface area contributed by atoms with Crippen LogP contribution in [-0.2, 0) is 14.3 Å². The highest BCUT2D eigenvalue weighted by Gasteiger charge is 2.42. The first-order chi connectivity index (χ1) is 12.8. The number of benzene rings is 1. The second-order valence-electron chi connectivity index (χ2n) is 6.08. The van der Waals surface area contributed by atoms with Crippen LogP contribution in [0.2, 0.25) is 0 Å². The molecule has 0 aliphatic carbocycles. The van der Waals surface area contributed by atoms with Gasteiger partial charge in [0, 0.05) is 17.8 Å². The van der Waals surface area contributed by atoms with Crippen molar-refractivity contribution >= 4 is 34.4 Å². The van der Waals surface area contributed by atoms with E-state index in [-0.39, 0.29) is 17.0 Å². The SMILES string of the molecule is COC(=O)C1=C(C)N=C2SC(C(C)=O)=C(C)N2[C@H]1c1cccc([N+](=O)[O-])c1. The van der Waals surface area contributed by atoms with Crippen LogP contribution in [0, 0.1) is 10.1 Å². The smallest absolute Gasteiger partial charge is 0.338 e. The van der Waals surface area contributed by atoms with Gasteiger partial charge >= 0.3 is 5.97 Å². The number of methoxy groups -OCH3 is 1. The summed E-state index contributed by atoms with van der Waals surface area (Å²) >= 11 is 1.23. The van der Waals surface area contributed by atoms with Gasteiger partial charge in [0.15, 0.2) is 11.0 Å². The van der Waals surface area contributed by atoms with Gasteiger partial charge in [-0.15, -0.1) is 0 Å². The number of carbonyl (C=O) groups is 2. The zero-order valence-corrected chi connectivity index (χ0v) is 16.0. The van der Waals surface area contributed by atoms with Gasteiger partial charge < -0.3 is 9.64 Å². The number of esters is 1. The first-order valence-electron chi connectivity index (χ1n) is 8.07. The van der Waals surface area contributed by atoms with E-state index in [0.717, 1.165) is 0 Å². The van der Waals surface area contributed by atoms with Crippen molar-refractivity contribution in [1.29, 1.82) is 0 Å². The molecule has 0 amide bonds. The Labute approximate surface area is 159 Å². The fraction of sp³-hybridized carbons (Fsp3) is 0.278. The summed E-state index contributed by atoms with van der Waals surface area (Å²) in [5.74, 6) is -0.675. The minimum Gasteiger partial charge on any atom is -0.466 e. The predicted molar refractivity (Wildman–Crippen MR) is 101 cm³/mol. The number of thioether (sulfide) groups is 1. The molecule has 0 spiro atoms. The molecule has 1 atom stereocenters. The van der Waals surface area contributed by atoms with Crippen LogP contribution >= 0.6 is 11.8 Å². The molecule has 0 bridgehead atoms. The van der Waals surface area contributed by atoms with Crippen LogP contribution in [0.3, 0.4) is 0 Å². The molecule has 27 heavy (non-hydrogen) atoms. The fourth-order valence-electron chi connectivity index (χ4n) is 3.20. The van der Waals surface area contributed by atoms with Crippen LogP contribution in [-0.4, -0.2) is 33.9 Å². The van der Waals surface area contributed by atoms with Crippen molar-refractivity contribution in [3.05, 3.63) is 61.8 Å². The van der Waals surface area contributed by atoms with Gasteiger partial charge in [0.25, 0.3) is 5.69 Å². The molecule has 2 aliphatic rings. The number of non-ortho nitro benzene ring substituents is 1. The maximum absolute atomic E-state index is 12.5. The van der Waals surface area contributed by atoms with Crippen LogP contribution in [0.4, 0.5) is 5.69 Å². The Morgan fingerprint density at radius 1 is 1.33 bits per heavy atom. The van der Waals surface area contributed by atoms with E-state index in [1.165, 1.54) is 37.9 Å². The first kappa shape index (κ1) is 18.8. The summed E-state index contributed by atoms with van der Waals surface area (Å²) in [4.78, 5) is 42.0. The number of amidine groups is 1. The third-order valence-electron chi connectivity index (χ3n) is 4.40. The lowest BCUT2D eigenvalue weighted by atomic mass is 9.93. The van der Waals surface area contributed by atoms with Gasteiger partial charge in [0.1, 0.15) is 0 Å². The van der Waals surface area contributed by atoms with E-state index >= 15 is 0 Å². The number of nitro groups is 1. The number of hydrogen-bond acceptors (Lipinski definition) is 8. The van der Waals surface area contributed by atoms with Gasteiger partial charge in [0.2, 0.25) is 0 Å². The van der Waals surface area contributed by atoms with E-state index in [0.29, 0.717) is 27.0 Å². The van der Waals surface area contributed by atoms with E-state index < -0.39 is 16.9 Å². The Morgan fingerprint density at radius 2 is 2.04 bits per heavy atom. The molecule has 0 aromatic heterocycles. The summed E-state index contributed by atoms with van der Waals surface area (Å²) in [5, 5.41) is 11.8. The largest absolute Gasteiger partial charge is 0.466 e. The average molecular weight is 387 g/mol. The Balaban J connectivity index is 2.23. The van der Waals surface area contributed by atoms with Crippen molar-refractivity contribution < 1.29 is 19.2 Å². The fourth-order valence-corrected chi connectivity index (χ4v) is 4.29. The Kier molecular flexibility index (Phi) is 4.88. The first-order valence-corrected chi connectivity index (χ1v) is 8.89. The number of fused-ring (bicyclic) bond motifs is 1. The van der Waals surface area contributed by atoms with Gasteiger partial charge in [-0.1, -0.05) is 12.1 Å². The summed E-state index contributed by atoms with van der Waals surface area (Å²) in [6.45, 7) is 4.92. The molecule has 1 aromatic carbocycles. The quantitative estimate of drug-likeness (QED) is 0.443. The van der Waals surface area contributed by atoms with Crippen LogP contribution in [0.15, 0.2) is 51.1 Å². The van der Waals surface area contributed by atoms with Gasteiger partial charge in [-0.3, -0.25) is 14.9 Å². The van der Waals surface area contributed by atoms with Crippen molar-refractivity contribution in [2.45, 2.75) is 26.8 Å². The van der Waals surface area contributed by atoms with E-state index in [2.05, 4.69) is 4.99 Å². The Morgan fingerprint density at radius 3 is 2.63 bits per heavy atom. The summed E-state index contributed by atoms with van der Waals surface area (Å²) in [5.41, 5.74) is 1.85. The molecular formula is C18H17N3O5S. The van der Waals surface area contributed by atoms with Gasteiger partial charge in [-0.2, -0.15) is 0 Å². The standard InChI is InChI=1S/C18H17N3O5S/c1-9-14(17(23)26-4)15(12-6-5-7-13(8-12)21(24)25)20-10(2)16(11(3)22)27-18(20)19-9/h5-8,15H,1-4H3/t15-/m0/s1. The van der Waals surface area contributed by atoms with E-state index in [4.69, 9.17) is 4.74 Å². The highest BCUT2D eigenvalue weighted by Crippen LogP contribution is 2.47. The lowest BCUT2D eigenvalue weighted by Crippen LogP contribution is -2.36. The number of rotatable bonds is 4. The number of carbonyl (C=O) groups excluding carboxylic acids is 2. The van der Waals surface area contributed by atoms with Crippen LogP contribution in [0.1, 0.15) is 32.4 Å².